The molecule has 0 radical (unpaired) electrons. The number of hydrogen-bond donors (Lipinski definition) is 1. The smallest absolute Gasteiger partial charge is 0.748 e. The first kappa shape index (κ1) is 33.0. The summed E-state index contributed by atoms with van der Waals surface area (Å²) < 4.78 is 34.6. The molecule has 0 saturated carbocycles. The number of aliphatic hydroxyl groups is 1. The van der Waals surface area contributed by atoms with E-state index in [1.807, 2.05) is 0 Å². The molecule has 1 unspecified atom stereocenters. The predicted molar refractivity (Wildman–Crippen MR) is 123 cm³/mol. The van der Waals surface area contributed by atoms with Gasteiger partial charge < -0.3 is 9.66 Å². The van der Waals surface area contributed by atoms with Gasteiger partial charge in [-0.15, -0.1) is 0 Å². The first-order chi connectivity index (χ1) is 14.0. The van der Waals surface area contributed by atoms with Crippen molar-refractivity contribution in [3.8, 4) is 0 Å². The van der Waals surface area contributed by atoms with Crippen LogP contribution in [-0.4, -0.2) is 29.9 Å². The second-order valence-corrected chi connectivity index (χ2v) is 10.4. The maximum Gasteiger partial charge on any atom is 1.00 e. The first-order valence-corrected chi connectivity index (χ1v) is 14.0. The van der Waals surface area contributed by atoms with Crippen LogP contribution < -0.4 is 29.6 Å². The van der Waals surface area contributed by atoms with Gasteiger partial charge in [-0.1, -0.05) is 122 Å². The van der Waals surface area contributed by atoms with Crippen LogP contribution in [0.2, 0.25) is 0 Å². The van der Waals surface area contributed by atoms with Crippen LogP contribution in [0, 0.1) is 0 Å². The molecular weight excluding hydrogens is 407 g/mol. The Morgan fingerprint density at radius 3 is 1.20 bits per heavy atom. The summed E-state index contributed by atoms with van der Waals surface area (Å²) in [5, 5.41) is 8.07. The van der Waals surface area contributed by atoms with Crippen LogP contribution in [0.5, 0.6) is 0 Å². The molecule has 0 bridgehead atoms. The molecule has 0 fully saturated rings. The Bertz CT molecular complexity index is 429. The topological polar surface area (TPSA) is 77.4 Å². The van der Waals surface area contributed by atoms with Crippen LogP contribution >= 0.6 is 0 Å². The molecule has 176 valence electrons. The SMILES string of the molecule is CCCCCCCCCCC(CCCCCCCCCCCCCO)S(=O)(=O)[O-].[Na+]. The Kier molecular flexibility index (Phi) is 27.0. The molecule has 0 aromatic rings. The van der Waals surface area contributed by atoms with Crippen molar-refractivity contribution in [1.82, 2.24) is 0 Å². The van der Waals surface area contributed by atoms with Crippen molar-refractivity contribution in [2.45, 2.75) is 147 Å². The molecule has 0 rings (SSSR count). The second-order valence-electron chi connectivity index (χ2n) is 8.78. The van der Waals surface area contributed by atoms with Crippen LogP contribution in [0.3, 0.4) is 0 Å². The van der Waals surface area contributed by atoms with E-state index in [4.69, 9.17) is 5.11 Å². The van der Waals surface area contributed by atoms with Crippen LogP contribution in [0.25, 0.3) is 0 Å². The van der Waals surface area contributed by atoms with E-state index in [9.17, 15) is 13.0 Å². The summed E-state index contributed by atoms with van der Waals surface area (Å²) in [6.07, 6.45) is 23.2. The van der Waals surface area contributed by atoms with E-state index in [2.05, 4.69) is 6.92 Å². The van der Waals surface area contributed by atoms with E-state index in [1.54, 1.807) is 0 Å². The van der Waals surface area contributed by atoms with E-state index in [0.29, 0.717) is 19.4 Å². The fourth-order valence-corrected chi connectivity index (χ4v) is 4.92. The Balaban J connectivity index is 0. The van der Waals surface area contributed by atoms with Gasteiger partial charge in [-0.25, -0.2) is 8.42 Å². The van der Waals surface area contributed by atoms with Gasteiger partial charge in [0.15, 0.2) is 0 Å². The zero-order valence-electron chi connectivity index (χ0n) is 20.2. The summed E-state index contributed by atoms with van der Waals surface area (Å²) in [6.45, 7) is 2.53. The molecule has 30 heavy (non-hydrogen) atoms. The number of hydrogen-bond acceptors (Lipinski definition) is 4. The van der Waals surface area contributed by atoms with Crippen molar-refractivity contribution >= 4 is 10.1 Å². The van der Waals surface area contributed by atoms with E-state index < -0.39 is 15.4 Å². The fourth-order valence-electron chi connectivity index (χ4n) is 4.01. The van der Waals surface area contributed by atoms with Gasteiger partial charge in [-0.05, 0) is 19.3 Å². The Labute approximate surface area is 210 Å². The summed E-state index contributed by atoms with van der Waals surface area (Å²) in [5.74, 6) is 0. The molecule has 0 spiro atoms. The molecule has 0 aromatic heterocycles. The first-order valence-electron chi connectivity index (χ1n) is 12.6. The van der Waals surface area contributed by atoms with Gasteiger partial charge in [0, 0.05) is 11.9 Å². The molecule has 4 nitrogen and oxygen atoms in total. The van der Waals surface area contributed by atoms with Crippen molar-refractivity contribution in [3.63, 3.8) is 0 Å². The molecule has 0 amide bonds. The predicted octanol–water partition coefficient (Wildman–Crippen LogP) is 4.11. The molecule has 0 aromatic carbocycles. The van der Waals surface area contributed by atoms with E-state index in [0.717, 1.165) is 51.4 Å². The van der Waals surface area contributed by atoms with Crippen molar-refractivity contribution in [2.75, 3.05) is 6.61 Å². The van der Waals surface area contributed by atoms with Gasteiger partial charge in [0.1, 0.15) is 0 Å². The molecule has 6 heteroatoms. The largest absolute Gasteiger partial charge is 1.00 e. The van der Waals surface area contributed by atoms with Crippen molar-refractivity contribution in [2.24, 2.45) is 0 Å². The van der Waals surface area contributed by atoms with Gasteiger partial charge in [-0.3, -0.25) is 0 Å². The summed E-state index contributed by atoms with van der Waals surface area (Å²) in [7, 11) is -4.15. The quantitative estimate of drug-likeness (QED) is 0.143. The van der Waals surface area contributed by atoms with Crippen LogP contribution in [0.15, 0.2) is 0 Å². The summed E-state index contributed by atoms with van der Waals surface area (Å²) >= 11 is 0. The van der Waals surface area contributed by atoms with Gasteiger partial charge in [0.2, 0.25) is 0 Å². The zero-order valence-corrected chi connectivity index (χ0v) is 23.0. The van der Waals surface area contributed by atoms with Gasteiger partial charge in [-0.2, -0.15) is 0 Å². The minimum atomic E-state index is -4.15. The maximum atomic E-state index is 11.5. The minimum Gasteiger partial charge on any atom is -0.748 e. The van der Waals surface area contributed by atoms with E-state index in [1.165, 1.54) is 70.6 Å². The summed E-state index contributed by atoms with van der Waals surface area (Å²) in [5.41, 5.74) is 0. The Hall–Kier alpha value is 0.870. The third kappa shape index (κ3) is 23.5. The Morgan fingerprint density at radius 2 is 0.900 bits per heavy atom. The van der Waals surface area contributed by atoms with Gasteiger partial charge in [0.25, 0.3) is 0 Å². The molecule has 1 atom stereocenters. The van der Waals surface area contributed by atoms with Crippen LogP contribution in [-0.2, 0) is 10.1 Å². The van der Waals surface area contributed by atoms with Crippen molar-refractivity contribution in [1.29, 1.82) is 0 Å². The average Bonchev–Trinajstić information content (AvgIpc) is 2.68. The monoisotopic (exact) mass is 456 g/mol. The van der Waals surface area contributed by atoms with Crippen molar-refractivity contribution < 1.29 is 47.6 Å². The zero-order chi connectivity index (χ0) is 21.6. The average molecular weight is 457 g/mol. The number of aliphatic hydroxyl groups excluding tert-OH is 1. The van der Waals surface area contributed by atoms with E-state index in [-0.39, 0.29) is 29.6 Å². The van der Waals surface area contributed by atoms with Crippen molar-refractivity contribution in [3.05, 3.63) is 0 Å². The standard InChI is InChI=1S/C24H50O4S.Na/c1-2-3-4-5-6-12-15-18-21-24(29(26,27)28)22-19-16-13-10-8-7-9-11-14-17-20-23-25;/h24-25H,2-23H2,1H3,(H,26,27,28);/q;+1/p-1. The third-order valence-corrected chi connectivity index (χ3v) is 7.26. The normalized spacial score (nSPS) is 12.6. The summed E-state index contributed by atoms with van der Waals surface area (Å²) in [6, 6.07) is 0. The Morgan fingerprint density at radius 1 is 0.600 bits per heavy atom. The molecular formula is C24H49NaO4S. The van der Waals surface area contributed by atoms with Gasteiger partial charge >= 0.3 is 29.6 Å². The van der Waals surface area contributed by atoms with Crippen LogP contribution in [0.4, 0.5) is 0 Å². The minimum absolute atomic E-state index is 0. The van der Waals surface area contributed by atoms with Gasteiger partial charge in [0.05, 0.1) is 10.1 Å². The fraction of sp³-hybridized carbons (Fsp3) is 1.00. The number of rotatable bonds is 23. The summed E-state index contributed by atoms with van der Waals surface area (Å²) in [4.78, 5) is 0. The molecule has 0 aliphatic carbocycles. The molecule has 0 heterocycles. The molecule has 0 aliphatic heterocycles. The molecule has 1 N–H and O–H groups in total. The van der Waals surface area contributed by atoms with E-state index >= 15 is 0 Å². The maximum absolute atomic E-state index is 11.5. The molecule has 0 aliphatic rings. The third-order valence-electron chi connectivity index (χ3n) is 5.97. The number of unbranched alkanes of at least 4 members (excludes halogenated alkanes) is 17. The molecule has 0 saturated heterocycles. The second kappa shape index (κ2) is 24.5. The van der Waals surface area contributed by atoms with Crippen LogP contribution in [0.1, 0.15) is 142 Å².